The van der Waals surface area contributed by atoms with Gasteiger partial charge in [0, 0.05) is 20.8 Å². The van der Waals surface area contributed by atoms with E-state index >= 15 is 0 Å². The molecule has 1 amide bonds. The molecule has 1 aromatic heterocycles. The zero-order chi connectivity index (χ0) is 14.1. The summed E-state index contributed by atoms with van der Waals surface area (Å²) in [6.07, 6.45) is -0.148. The van der Waals surface area contributed by atoms with Gasteiger partial charge in [-0.2, -0.15) is 0 Å². The van der Waals surface area contributed by atoms with Crippen molar-refractivity contribution in [3.8, 4) is 11.8 Å². The molecule has 0 fully saturated rings. The van der Waals surface area contributed by atoms with E-state index in [1.165, 1.54) is 11.3 Å². The van der Waals surface area contributed by atoms with E-state index in [1.54, 1.807) is 20.3 Å². The first kappa shape index (κ1) is 15.7. The summed E-state index contributed by atoms with van der Waals surface area (Å²) in [5, 5.41) is 2.80. The quantitative estimate of drug-likeness (QED) is 0.743. The number of carbonyl (C=O) groups is 1. The highest BCUT2D eigenvalue weighted by Gasteiger charge is 2.12. The van der Waals surface area contributed by atoms with Crippen molar-refractivity contribution in [2.24, 2.45) is 5.73 Å². The number of ether oxygens (including phenoxy) is 2. The van der Waals surface area contributed by atoms with Gasteiger partial charge in [0.2, 0.25) is 0 Å². The molecule has 0 spiro atoms. The zero-order valence-corrected chi connectivity index (χ0v) is 11.9. The van der Waals surface area contributed by atoms with Crippen molar-refractivity contribution < 1.29 is 14.3 Å². The molecule has 0 radical (unpaired) electrons. The van der Waals surface area contributed by atoms with Crippen LogP contribution in [0.15, 0.2) is 12.1 Å². The van der Waals surface area contributed by atoms with E-state index in [0.29, 0.717) is 24.6 Å². The van der Waals surface area contributed by atoms with Crippen LogP contribution in [0.25, 0.3) is 0 Å². The van der Waals surface area contributed by atoms with Gasteiger partial charge in [-0.05, 0) is 12.1 Å². The van der Waals surface area contributed by atoms with Crippen LogP contribution in [0.1, 0.15) is 14.5 Å². The van der Waals surface area contributed by atoms with Crippen molar-refractivity contribution in [1.29, 1.82) is 0 Å². The van der Waals surface area contributed by atoms with Crippen LogP contribution in [0.4, 0.5) is 0 Å². The van der Waals surface area contributed by atoms with Crippen molar-refractivity contribution >= 4 is 17.2 Å². The van der Waals surface area contributed by atoms with Crippen LogP contribution in [0.3, 0.4) is 0 Å². The first-order valence-corrected chi connectivity index (χ1v) is 6.61. The number of hydrogen-bond acceptors (Lipinski definition) is 5. The first-order valence-electron chi connectivity index (χ1n) is 5.80. The van der Waals surface area contributed by atoms with Gasteiger partial charge in [0.1, 0.15) is 0 Å². The molecular formula is C13H18N2O3S. The second-order valence-electron chi connectivity index (χ2n) is 3.69. The van der Waals surface area contributed by atoms with Gasteiger partial charge in [0.15, 0.2) is 0 Å². The van der Waals surface area contributed by atoms with Crippen molar-refractivity contribution in [1.82, 2.24) is 5.32 Å². The molecule has 0 bridgehead atoms. The van der Waals surface area contributed by atoms with Gasteiger partial charge in [0.25, 0.3) is 5.91 Å². The van der Waals surface area contributed by atoms with Gasteiger partial charge >= 0.3 is 0 Å². The van der Waals surface area contributed by atoms with Crippen LogP contribution in [-0.2, 0) is 9.47 Å². The Morgan fingerprint density at radius 3 is 2.95 bits per heavy atom. The van der Waals surface area contributed by atoms with E-state index in [2.05, 4.69) is 17.2 Å². The molecule has 0 aromatic carbocycles. The highest BCUT2D eigenvalue weighted by atomic mass is 32.1. The molecule has 3 N–H and O–H groups in total. The lowest BCUT2D eigenvalue weighted by Gasteiger charge is -2.14. The lowest BCUT2D eigenvalue weighted by molar-refractivity contribution is 0.0286. The average Bonchev–Trinajstić information content (AvgIpc) is 2.89. The average molecular weight is 282 g/mol. The molecule has 1 atom stereocenters. The molecule has 0 aliphatic carbocycles. The molecule has 0 aliphatic rings. The fourth-order valence-corrected chi connectivity index (χ4v) is 2.15. The van der Waals surface area contributed by atoms with Crippen LogP contribution >= 0.6 is 11.3 Å². The molecule has 104 valence electrons. The molecule has 1 heterocycles. The highest BCUT2D eigenvalue weighted by molar-refractivity contribution is 7.14. The van der Waals surface area contributed by atoms with Crippen LogP contribution in [-0.4, -0.2) is 45.9 Å². The number of thiophene rings is 1. The van der Waals surface area contributed by atoms with Crippen molar-refractivity contribution in [3.63, 3.8) is 0 Å². The molecule has 0 aliphatic heterocycles. The summed E-state index contributed by atoms with van der Waals surface area (Å²) in [4.78, 5) is 13.3. The lowest BCUT2D eigenvalue weighted by atomic mass is 10.3. The molecule has 0 saturated heterocycles. The van der Waals surface area contributed by atoms with E-state index in [9.17, 15) is 4.79 Å². The summed E-state index contributed by atoms with van der Waals surface area (Å²) in [7, 11) is 3.18. The van der Waals surface area contributed by atoms with E-state index < -0.39 is 0 Å². The van der Waals surface area contributed by atoms with Crippen molar-refractivity contribution in [2.45, 2.75) is 6.10 Å². The number of hydrogen-bond donors (Lipinski definition) is 2. The third-order valence-electron chi connectivity index (χ3n) is 2.32. The molecule has 1 rings (SSSR count). The fourth-order valence-electron chi connectivity index (χ4n) is 1.36. The topological polar surface area (TPSA) is 73.6 Å². The van der Waals surface area contributed by atoms with Gasteiger partial charge in [-0.15, -0.1) is 11.3 Å². The molecule has 19 heavy (non-hydrogen) atoms. The van der Waals surface area contributed by atoms with E-state index in [1.807, 2.05) is 6.07 Å². The fraction of sp³-hybridized carbons (Fsp3) is 0.462. The Morgan fingerprint density at radius 1 is 1.53 bits per heavy atom. The molecule has 6 heteroatoms. The Kier molecular flexibility index (Phi) is 7.15. The van der Waals surface area contributed by atoms with Crippen molar-refractivity contribution in [2.75, 3.05) is 33.9 Å². The van der Waals surface area contributed by atoms with Crippen molar-refractivity contribution in [3.05, 3.63) is 21.9 Å². The SMILES string of the molecule is COCC(CNC(=O)c1ccc(C#CCN)s1)OC. The molecule has 1 unspecified atom stereocenters. The predicted molar refractivity (Wildman–Crippen MR) is 75.3 cm³/mol. The monoisotopic (exact) mass is 282 g/mol. The largest absolute Gasteiger partial charge is 0.382 e. The summed E-state index contributed by atoms with van der Waals surface area (Å²) in [5.41, 5.74) is 5.29. The molecule has 1 aromatic rings. The minimum atomic E-state index is -0.148. The van der Waals surface area contributed by atoms with Crippen LogP contribution < -0.4 is 11.1 Å². The standard InChI is InChI=1S/C13H18N2O3S/c1-17-9-10(18-2)8-15-13(16)12-6-5-11(19-12)4-3-7-14/h5-6,10H,7-9,14H2,1-2H3,(H,15,16). The molecule has 0 saturated carbocycles. The number of rotatable bonds is 6. The van der Waals surface area contributed by atoms with E-state index in [0.717, 1.165) is 4.88 Å². The number of carbonyl (C=O) groups excluding carboxylic acids is 1. The van der Waals surface area contributed by atoms with Gasteiger partial charge < -0.3 is 20.5 Å². The maximum atomic E-state index is 11.9. The summed E-state index contributed by atoms with van der Waals surface area (Å²) in [6, 6.07) is 3.56. The Balaban J connectivity index is 2.51. The summed E-state index contributed by atoms with van der Waals surface area (Å²) >= 11 is 1.34. The van der Waals surface area contributed by atoms with E-state index in [4.69, 9.17) is 15.2 Å². The van der Waals surface area contributed by atoms with Crippen LogP contribution in [0.2, 0.25) is 0 Å². The maximum absolute atomic E-state index is 11.9. The second kappa shape index (κ2) is 8.67. The van der Waals surface area contributed by atoms with Gasteiger partial charge in [-0.25, -0.2) is 0 Å². The molecular weight excluding hydrogens is 264 g/mol. The highest BCUT2D eigenvalue weighted by Crippen LogP contribution is 2.15. The smallest absolute Gasteiger partial charge is 0.261 e. The minimum absolute atomic E-state index is 0.135. The second-order valence-corrected chi connectivity index (χ2v) is 4.78. The Bertz CT molecular complexity index is 462. The molecule has 5 nitrogen and oxygen atoms in total. The normalized spacial score (nSPS) is 11.5. The van der Waals surface area contributed by atoms with Crippen LogP contribution in [0, 0.1) is 11.8 Å². The Morgan fingerprint density at radius 2 is 2.32 bits per heavy atom. The number of methoxy groups -OCH3 is 2. The number of nitrogens with two attached hydrogens (primary N) is 1. The maximum Gasteiger partial charge on any atom is 0.261 e. The summed E-state index contributed by atoms with van der Waals surface area (Å²) in [5.74, 6) is 5.51. The minimum Gasteiger partial charge on any atom is -0.382 e. The zero-order valence-electron chi connectivity index (χ0n) is 11.1. The van der Waals surface area contributed by atoms with Gasteiger partial charge in [-0.1, -0.05) is 11.8 Å². The third kappa shape index (κ3) is 5.41. The van der Waals surface area contributed by atoms with E-state index in [-0.39, 0.29) is 12.0 Å². The Labute approximate surface area is 117 Å². The summed E-state index contributed by atoms with van der Waals surface area (Å²) in [6.45, 7) is 1.16. The Hall–Kier alpha value is -1.39. The van der Waals surface area contributed by atoms with Gasteiger partial charge in [0.05, 0.1) is 29.0 Å². The van der Waals surface area contributed by atoms with Crippen LogP contribution in [0.5, 0.6) is 0 Å². The number of nitrogens with one attached hydrogen (secondary N) is 1. The first-order chi connectivity index (χ1) is 9.21. The van der Waals surface area contributed by atoms with Gasteiger partial charge in [-0.3, -0.25) is 4.79 Å². The summed E-state index contributed by atoms with van der Waals surface area (Å²) < 4.78 is 10.1. The third-order valence-corrected chi connectivity index (χ3v) is 3.32. The lowest BCUT2D eigenvalue weighted by Crippen LogP contribution is -2.35. The predicted octanol–water partition coefficient (Wildman–Crippen LogP) is 0.449. The number of amides is 1.